The number of ether oxygens (including phenoxy) is 3. The molecule has 8 nitrogen and oxygen atoms in total. The highest BCUT2D eigenvalue weighted by molar-refractivity contribution is 5.70. The molecule has 0 saturated carbocycles. The van der Waals surface area contributed by atoms with Crippen molar-refractivity contribution in [2.45, 2.75) is 187 Å². The Bertz CT molecular complexity index is 1330. The van der Waals surface area contributed by atoms with Crippen LogP contribution in [0, 0.1) is 0 Å². The Kier molecular flexibility index (Phi) is 41.2. The van der Waals surface area contributed by atoms with Crippen LogP contribution < -0.4 is 5.11 Å². The van der Waals surface area contributed by atoms with Crippen molar-refractivity contribution < 1.29 is 38.2 Å². The van der Waals surface area contributed by atoms with Gasteiger partial charge in [0.1, 0.15) is 12.6 Å². The molecular formula is C54H89NO7. The van der Waals surface area contributed by atoms with Crippen LogP contribution in [0.4, 0.5) is 0 Å². The number of hydrogen-bond acceptors (Lipinski definition) is 7. The van der Waals surface area contributed by atoms with Crippen LogP contribution in [-0.2, 0) is 28.6 Å². The number of esters is 2. The largest absolute Gasteiger partial charge is 0.544 e. The van der Waals surface area contributed by atoms with Gasteiger partial charge in [-0.3, -0.25) is 9.59 Å². The van der Waals surface area contributed by atoms with Gasteiger partial charge >= 0.3 is 11.9 Å². The molecule has 0 aromatic heterocycles. The number of quaternary nitrogens is 1. The predicted octanol–water partition coefficient (Wildman–Crippen LogP) is 12.5. The van der Waals surface area contributed by atoms with E-state index < -0.39 is 18.1 Å². The van der Waals surface area contributed by atoms with Crippen LogP contribution in [0.5, 0.6) is 0 Å². The van der Waals surface area contributed by atoms with E-state index in [4.69, 9.17) is 14.2 Å². The van der Waals surface area contributed by atoms with Crippen molar-refractivity contribution in [2.75, 3.05) is 41.0 Å². The van der Waals surface area contributed by atoms with Crippen molar-refractivity contribution in [1.29, 1.82) is 0 Å². The number of rotatable bonds is 42. The first kappa shape index (κ1) is 58.2. The van der Waals surface area contributed by atoms with Gasteiger partial charge in [0.25, 0.3) is 0 Å². The van der Waals surface area contributed by atoms with E-state index in [0.29, 0.717) is 6.42 Å². The van der Waals surface area contributed by atoms with E-state index in [2.05, 4.69) is 74.6 Å². The molecule has 2 atom stereocenters. The number of carbonyl (C=O) groups excluding carboxylic acids is 3. The first-order valence-corrected chi connectivity index (χ1v) is 24.3. The molecule has 352 valence electrons. The van der Waals surface area contributed by atoms with E-state index in [9.17, 15) is 19.5 Å². The number of unbranched alkanes of at least 4 members (excludes halogenated alkanes) is 16. The van der Waals surface area contributed by atoms with Gasteiger partial charge in [-0.2, -0.15) is 0 Å². The molecule has 2 unspecified atom stereocenters. The Morgan fingerprint density at radius 1 is 0.516 bits per heavy atom. The summed E-state index contributed by atoms with van der Waals surface area (Å²) in [5, 5.41) is 11.7. The van der Waals surface area contributed by atoms with Crippen LogP contribution in [0.25, 0.3) is 0 Å². The van der Waals surface area contributed by atoms with Crippen LogP contribution in [0.2, 0.25) is 0 Å². The Hall–Kier alpha value is -3.75. The minimum absolute atomic E-state index is 0.0230. The zero-order valence-corrected chi connectivity index (χ0v) is 40.0. The normalized spacial score (nSPS) is 13.8. The smallest absolute Gasteiger partial charge is 0.306 e. The number of aliphatic carboxylic acids is 1. The molecule has 0 amide bonds. The van der Waals surface area contributed by atoms with E-state index in [1.165, 1.54) is 57.8 Å². The van der Waals surface area contributed by atoms with E-state index in [0.717, 1.165) is 83.5 Å². The molecular weight excluding hydrogens is 775 g/mol. The molecule has 0 saturated heterocycles. The lowest BCUT2D eigenvalue weighted by atomic mass is 10.1. The monoisotopic (exact) mass is 864 g/mol. The first-order valence-electron chi connectivity index (χ1n) is 24.3. The third-order valence-corrected chi connectivity index (χ3v) is 10.3. The molecule has 0 aliphatic carbocycles. The van der Waals surface area contributed by atoms with Crippen molar-refractivity contribution in [3.8, 4) is 0 Å². The lowest BCUT2D eigenvalue weighted by molar-refractivity contribution is -0.889. The molecule has 0 radical (unpaired) electrons. The molecule has 0 rings (SSSR count). The van der Waals surface area contributed by atoms with Crippen molar-refractivity contribution in [1.82, 2.24) is 0 Å². The third-order valence-electron chi connectivity index (χ3n) is 10.3. The van der Waals surface area contributed by atoms with Gasteiger partial charge in [-0.1, -0.05) is 188 Å². The standard InChI is InChI=1S/C54H89NO7/c1-6-8-10-12-14-16-18-20-22-24-26-27-29-30-32-34-36-38-40-42-44-52(56)61-49-50(48-60-47-46-51(54(58)59)55(3,4)5)62-53(57)45-43-41-39-37-35-33-31-28-25-23-21-19-17-15-13-11-9-7-2/h8,10-11,13-17,19-23,25,28,31,50-51H,6-7,9,12,18,24,26-27,29-30,32-49H2,1-5H3/b10-8+,13-11+,16-14+,17-15+,21-19+,22-20+,25-23+,31-28+. The summed E-state index contributed by atoms with van der Waals surface area (Å²) in [6.45, 7) is 4.42. The zero-order chi connectivity index (χ0) is 45.6. The van der Waals surface area contributed by atoms with Crippen LogP contribution in [0.3, 0.4) is 0 Å². The maximum Gasteiger partial charge on any atom is 0.306 e. The number of carboxylic acids is 1. The van der Waals surface area contributed by atoms with Crippen LogP contribution in [-0.4, -0.2) is 75.5 Å². The lowest BCUT2D eigenvalue weighted by Gasteiger charge is -2.34. The summed E-state index contributed by atoms with van der Waals surface area (Å²) in [4.78, 5) is 37.0. The van der Waals surface area contributed by atoms with Gasteiger partial charge in [-0.15, -0.1) is 0 Å². The van der Waals surface area contributed by atoms with Gasteiger partial charge in [0.2, 0.25) is 0 Å². The zero-order valence-electron chi connectivity index (χ0n) is 40.0. The van der Waals surface area contributed by atoms with Crippen molar-refractivity contribution in [3.05, 3.63) is 97.2 Å². The maximum atomic E-state index is 12.8. The Morgan fingerprint density at radius 2 is 0.968 bits per heavy atom. The average molecular weight is 864 g/mol. The second-order valence-corrected chi connectivity index (χ2v) is 17.1. The topological polar surface area (TPSA) is 102 Å². The molecule has 0 aromatic rings. The Labute approximate surface area is 379 Å². The molecule has 8 heteroatoms. The van der Waals surface area contributed by atoms with E-state index in [-0.39, 0.29) is 49.1 Å². The molecule has 62 heavy (non-hydrogen) atoms. The Balaban J connectivity index is 4.35. The summed E-state index contributed by atoms with van der Waals surface area (Å²) in [6, 6.07) is -0.737. The fraction of sp³-hybridized carbons (Fsp3) is 0.648. The summed E-state index contributed by atoms with van der Waals surface area (Å²) in [6.07, 6.45) is 58.5. The average Bonchev–Trinajstić information content (AvgIpc) is 3.23. The molecule has 0 aliphatic heterocycles. The SMILES string of the molecule is CC/C=C/C/C=C/C/C=C/CCCCCCCCCCCCC(=O)OCC(COCCC(C(=O)[O-])[N+](C)(C)C)OC(=O)CCCCCCC/C=C/C=C/C=C/C=C/C=C/CCC. The van der Waals surface area contributed by atoms with Gasteiger partial charge in [0.15, 0.2) is 6.10 Å². The minimum Gasteiger partial charge on any atom is -0.544 e. The van der Waals surface area contributed by atoms with Gasteiger partial charge in [0, 0.05) is 19.3 Å². The van der Waals surface area contributed by atoms with Crippen LogP contribution in [0.1, 0.15) is 174 Å². The summed E-state index contributed by atoms with van der Waals surface area (Å²) in [7, 11) is 5.39. The van der Waals surface area contributed by atoms with Gasteiger partial charge in [-0.25, -0.2) is 0 Å². The first-order chi connectivity index (χ1) is 30.1. The maximum absolute atomic E-state index is 12.8. The second-order valence-electron chi connectivity index (χ2n) is 17.1. The molecule has 0 N–H and O–H groups in total. The highest BCUT2D eigenvalue weighted by atomic mass is 16.6. The van der Waals surface area contributed by atoms with Crippen molar-refractivity contribution in [3.63, 3.8) is 0 Å². The molecule has 0 spiro atoms. The minimum atomic E-state index is -1.13. The molecule has 0 bridgehead atoms. The fourth-order valence-electron chi connectivity index (χ4n) is 6.59. The Morgan fingerprint density at radius 3 is 1.48 bits per heavy atom. The van der Waals surface area contributed by atoms with Crippen molar-refractivity contribution in [2.24, 2.45) is 0 Å². The molecule has 0 heterocycles. The number of carbonyl (C=O) groups is 3. The van der Waals surface area contributed by atoms with Gasteiger partial charge < -0.3 is 28.6 Å². The summed E-state index contributed by atoms with van der Waals surface area (Å²) in [5.74, 6) is -1.78. The number of likely N-dealkylation sites (N-methyl/N-ethyl adjacent to an activating group) is 1. The molecule has 0 fully saturated rings. The van der Waals surface area contributed by atoms with Gasteiger partial charge in [-0.05, 0) is 64.2 Å². The predicted molar refractivity (Wildman–Crippen MR) is 258 cm³/mol. The van der Waals surface area contributed by atoms with Crippen LogP contribution in [0.15, 0.2) is 97.2 Å². The van der Waals surface area contributed by atoms with E-state index in [1.54, 1.807) is 21.1 Å². The van der Waals surface area contributed by atoms with Crippen molar-refractivity contribution >= 4 is 17.9 Å². The summed E-state index contributed by atoms with van der Waals surface area (Å²) >= 11 is 0. The highest BCUT2D eigenvalue weighted by Crippen LogP contribution is 2.14. The summed E-state index contributed by atoms with van der Waals surface area (Å²) < 4.78 is 17.2. The number of hydrogen-bond donors (Lipinski definition) is 0. The van der Waals surface area contributed by atoms with Gasteiger partial charge in [0.05, 0.1) is 40.3 Å². The van der Waals surface area contributed by atoms with E-state index in [1.807, 2.05) is 36.5 Å². The summed E-state index contributed by atoms with van der Waals surface area (Å²) in [5.41, 5.74) is 0. The third kappa shape index (κ3) is 41.6. The quantitative estimate of drug-likeness (QED) is 0.0198. The lowest BCUT2D eigenvalue weighted by Crippen LogP contribution is -2.55. The second kappa shape index (κ2) is 43.9. The number of allylic oxidation sites excluding steroid dienone is 16. The fourth-order valence-corrected chi connectivity index (χ4v) is 6.59. The number of carboxylic acid groups (broad SMARTS) is 1. The van der Waals surface area contributed by atoms with E-state index >= 15 is 0 Å². The number of nitrogens with zero attached hydrogens (tertiary/aromatic N) is 1. The van der Waals surface area contributed by atoms with Crippen LogP contribution >= 0.6 is 0 Å². The highest BCUT2D eigenvalue weighted by Gasteiger charge is 2.25. The molecule has 0 aliphatic rings. The molecule has 0 aromatic carbocycles.